The third-order valence-electron chi connectivity index (χ3n) is 4.25. The van der Waals surface area contributed by atoms with Gasteiger partial charge in [0.05, 0.1) is 11.3 Å². The predicted molar refractivity (Wildman–Crippen MR) is 73.1 cm³/mol. The second-order valence-electron chi connectivity index (χ2n) is 5.41. The summed E-state index contributed by atoms with van der Waals surface area (Å²) in [4.78, 5) is 23.2. The lowest BCUT2D eigenvalue weighted by Crippen LogP contribution is -2.33. The van der Waals surface area contributed by atoms with Gasteiger partial charge in [-0.25, -0.2) is 13.6 Å². The maximum atomic E-state index is 13.7. The van der Waals surface area contributed by atoms with Crippen molar-refractivity contribution >= 4 is 17.6 Å². The van der Waals surface area contributed by atoms with E-state index in [-0.39, 0.29) is 11.6 Å². The van der Waals surface area contributed by atoms with Gasteiger partial charge in [0, 0.05) is 11.5 Å². The molecule has 114 valence electrons. The Bertz CT molecular complexity index is 581. The summed E-state index contributed by atoms with van der Waals surface area (Å²) in [7, 11) is 0. The summed E-state index contributed by atoms with van der Waals surface area (Å²) in [5.74, 6) is -3.97. The van der Waals surface area contributed by atoms with Crippen LogP contribution in [0.4, 0.5) is 14.5 Å². The summed E-state index contributed by atoms with van der Waals surface area (Å²) >= 11 is 0. The Hall–Kier alpha value is -1.98. The van der Waals surface area contributed by atoms with E-state index in [1.54, 1.807) is 0 Å². The van der Waals surface area contributed by atoms with E-state index in [1.807, 2.05) is 6.92 Å². The van der Waals surface area contributed by atoms with Crippen LogP contribution in [0, 0.1) is 17.0 Å². The topological polar surface area (TPSA) is 66.4 Å². The van der Waals surface area contributed by atoms with E-state index in [0.29, 0.717) is 12.5 Å². The molecule has 1 aromatic rings. The van der Waals surface area contributed by atoms with Crippen molar-refractivity contribution in [3.8, 4) is 0 Å². The third-order valence-corrected chi connectivity index (χ3v) is 4.25. The minimum atomic E-state index is -1.51. The van der Waals surface area contributed by atoms with E-state index in [9.17, 15) is 18.4 Å². The minimum Gasteiger partial charge on any atom is -0.478 e. The molecule has 2 rings (SSSR count). The number of anilines is 1. The van der Waals surface area contributed by atoms with Crippen LogP contribution in [-0.2, 0) is 4.79 Å². The highest BCUT2D eigenvalue weighted by molar-refractivity contribution is 5.97. The Labute approximate surface area is 121 Å². The molecule has 0 aromatic heterocycles. The van der Waals surface area contributed by atoms with Crippen LogP contribution < -0.4 is 5.32 Å². The number of nitrogens with one attached hydrogen (secondary N) is 1. The lowest BCUT2D eigenvalue weighted by atomic mass is 9.82. The molecule has 0 atom stereocenters. The number of halogens is 2. The fourth-order valence-corrected chi connectivity index (χ4v) is 2.86. The molecule has 0 heterocycles. The van der Waals surface area contributed by atoms with E-state index >= 15 is 0 Å². The predicted octanol–water partition coefficient (Wildman–Crippen LogP) is 3.57. The molecule has 0 unspecified atom stereocenters. The summed E-state index contributed by atoms with van der Waals surface area (Å²) in [6.45, 7) is 1.90. The molecule has 6 heteroatoms. The Balaban J connectivity index is 2.29. The number of carbonyl (C=O) groups is 2. The van der Waals surface area contributed by atoms with E-state index in [2.05, 4.69) is 5.32 Å². The Kier molecular flexibility index (Phi) is 4.25. The van der Waals surface area contributed by atoms with Gasteiger partial charge >= 0.3 is 5.97 Å². The number of hydrogen-bond acceptors (Lipinski definition) is 2. The Morgan fingerprint density at radius 3 is 2.38 bits per heavy atom. The molecular formula is C15H17F2NO3. The number of hydrogen-bond donors (Lipinski definition) is 2. The number of rotatable bonds is 4. The van der Waals surface area contributed by atoms with Gasteiger partial charge in [0.2, 0.25) is 5.91 Å². The van der Waals surface area contributed by atoms with Crippen molar-refractivity contribution in [1.29, 1.82) is 0 Å². The molecule has 1 saturated carbocycles. The molecule has 0 aliphatic heterocycles. The smallest absolute Gasteiger partial charge is 0.338 e. The van der Waals surface area contributed by atoms with Crippen molar-refractivity contribution in [2.24, 2.45) is 5.41 Å². The van der Waals surface area contributed by atoms with Crippen molar-refractivity contribution in [3.05, 3.63) is 29.3 Å². The first kappa shape index (κ1) is 15.4. The largest absolute Gasteiger partial charge is 0.478 e. The normalized spacial score (nSPS) is 16.7. The highest BCUT2D eigenvalue weighted by Gasteiger charge is 2.39. The van der Waals surface area contributed by atoms with Crippen LogP contribution in [0.15, 0.2) is 12.1 Å². The monoisotopic (exact) mass is 297 g/mol. The average Bonchev–Trinajstić information content (AvgIpc) is 2.91. The van der Waals surface area contributed by atoms with Crippen LogP contribution in [0.25, 0.3) is 0 Å². The van der Waals surface area contributed by atoms with Gasteiger partial charge in [0.15, 0.2) is 0 Å². The summed E-state index contributed by atoms with van der Waals surface area (Å²) in [6.07, 6.45) is 3.96. The van der Waals surface area contributed by atoms with E-state index in [4.69, 9.17) is 5.11 Å². The van der Waals surface area contributed by atoms with E-state index in [1.165, 1.54) is 0 Å². The molecule has 0 radical (unpaired) electrons. The first-order valence-electron chi connectivity index (χ1n) is 6.93. The number of carboxylic acids is 1. The SMILES string of the molecule is CCC1(C(=O)Nc2cc(C(=O)O)c(F)cc2F)CCCC1. The maximum Gasteiger partial charge on any atom is 0.338 e. The first-order valence-corrected chi connectivity index (χ1v) is 6.93. The number of amides is 1. The van der Waals surface area contributed by atoms with Gasteiger partial charge in [-0.2, -0.15) is 0 Å². The number of aromatic carboxylic acids is 1. The molecule has 1 fully saturated rings. The highest BCUT2D eigenvalue weighted by atomic mass is 19.1. The standard InChI is InChI=1S/C15H17F2NO3/c1-2-15(5-3-4-6-15)14(21)18-12-7-9(13(19)20)10(16)8-11(12)17/h7-8H,2-6H2,1H3,(H,18,21)(H,19,20). The van der Waals surface area contributed by atoms with Crippen molar-refractivity contribution in [1.82, 2.24) is 0 Å². The molecule has 4 nitrogen and oxygen atoms in total. The summed E-state index contributed by atoms with van der Waals surface area (Å²) in [5.41, 5.74) is -1.49. The Morgan fingerprint density at radius 2 is 1.86 bits per heavy atom. The second kappa shape index (κ2) is 5.79. The zero-order valence-corrected chi connectivity index (χ0v) is 11.7. The Morgan fingerprint density at radius 1 is 1.24 bits per heavy atom. The van der Waals surface area contributed by atoms with Gasteiger partial charge in [-0.15, -0.1) is 0 Å². The fourth-order valence-electron chi connectivity index (χ4n) is 2.86. The molecule has 21 heavy (non-hydrogen) atoms. The molecule has 1 aliphatic rings. The zero-order chi connectivity index (χ0) is 15.6. The molecule has 0 saturated heterocycles. The van der Waals surface area contributed by atoms with Crippen LogP contribution in [0.1, 0.15) is 49.4 Å². The van der Waals surface area contributed by atoms with Crippen LogP contribution >= 0.6 is 0 Å². The van der Waals surface area contributed by atoms with Crippen molar-refractivity contribution in [2.75, 3.05) is 5.32 Å². The minimum absolute atomic E-state index is 0.293. The summed E-state index contributed by atoms with van der Waals surface area (Å²) < 4.78 is 27.0. The second-order valence-corrected chi connectivity index (χ2v) is 5.41. The number of benzene rings is 1. The van der Waals surface area contributed by atoms with Gasteiger partial charge in [-0.3, -0.25) is 4.79 Å². The molecule has 0 spiro atoms. The lowest BCUT2D eigenvalue weighted by Gasteiger charge is -2.26. The van der Waals surface area contributed by atoms with Crippen LogP contribution in [0.5, 0.6) is 0 Å². The molecule has 1 aromatic carbocycles. The van der Waals surface area contributed by atoms with Crippen molar-refractivity contribution in [2.45, 2.75) is 39.0 Å². The fraction of sp³-hybridized carbons (Fsp3) is 0.467. The summed E-state index contributed by atoms with van der Waals surface area (Å²) in [5, 5.41) is 11.3. The van der Waals surface area contributed by atoms with Gasteiger partial charge in [0.25, 0.3) is 0 Å². The summed E-state index contributed by atoms with van der Waals surface area (Å²) in [6, 6.07) is 1.30. The third kappa shape index (κ3) is 2.89. The van der Waals surface area contributed by atoms with Gasteiger partial charge in [-0.05, 0) is 25.3 Å². The lowest BCUT2D eigenvalue weighted by molar-refractivity contribution is -0.125. The molecule has 0 bridgehead atoms. The first-order chi connectivity index (χ1) is 9.89. The van der Waals surface area contributed by atoms with E-state index in [0.717, 1.165) is 31.7 Å². The van der Waals surface area contributed by atoms with Crippen molar-refractivity contribution in [3.63, 3.8) is 0 Å². The molecule has 1 aliphatic carbocycles. The van der Waals surface area contributed by atoms with Crippen molar-refractivity contribution < 1.29 is 23.5 Å². The highest BCUT2D eigenvalue weighted by Crippen LogP contribution is 2.42. The van der Waals surface area contributed by atoms with Gasteiger partial charge < -0.3 is 10.4 Å². The molecular weight excluding hydrogens is 280 g/mol. The van der Waals surface area contributed by atoms with E-state index < -0.39 is 28.6 Å². The zero-order valence-electron chi connectivity index (χ0n) is 11.7. The van der Waals surface area contributed by atoms with Crippen LogP contribution in [0.2, 0.25) is 0 Å². The quantitative estimate of drug-likeness (QED) is 0.892. The van der Waals surface area contributed by atoms with Crippen LogP contribution in [-0.4, -0.2) is 17.0 Å². The number of carbonyl (C=O) groups excluding carboxylic acids is 1. The van der Waals surface area contributed by atoms with Crippen LogP contribution in [0.3, 0.4) is 0 Å². The number of carboxylic acid groups (broad SMARTS) is 1. The van der Waals surface area contributed by atoms with Gasteiger partial charge in [-0.1, -0.05) is 19.8 Å². The molecule has 1 amide bonds. The molecule has 2 N–H and O–H groups in total. The maximum absolute atomic E-state index is 13.7. The average molecular weight is 297 g/mol. The van der Waals surface area contributed by atoms with Gasteiger partial charge in [0.1, 0.15) is 11.6 Å².